The van der Waals surface area contributed by atoms with Gasteiger partial charge in [-0.05, 0) is 19.1 Å². The number of aliphatic hydroxyl groups excluding tert-OH is 1. The van der Waals surface area contributed by atoms with Gasteiger partial charge in [0.1, 0.15) is 5.75 Å². The summed E-state index contributed by atoms with van der Waals surface area (Å²) in [5, 5.41) is 13.5. The van der Waals surface area contributed by atoms with Crippen LogP contribution in [0.5, 0.6) is 5.75 Å². The summed E-state index contributed by atoms with van der Waals surface area (Å²) in [6, 6.07) is 5.81. The van der Waals surface area contributed by atoms with Gasteiger partial charge >= 0.3 is 0 Å². The molecule has 0 aliphatic rings. The van der Waals surface area contributed by atoms with E-state index in [0.29, 0.717) is 6.54 Å². The number of hydrogen-bond acceptors (Lipinski definition) is 5. The normalized spacial score (nSPS) is 12.4. The monoisotopic (exact) mass is 278 g/mol. The van der Waals surface area contributed by atoms with Crippen LogP contribution in [0.2, 0.25) is 0 Å². The molecule has 1 aromatic heterocycles. The number of aliphatic hydroxyl groups is 1. The first-order valence-corrected chi connectivity index (χ1v) is 6.99. The predicted octanol–water partition coefficient (Wildman–Crippen LogP) is 2.28. The molecule has 0 bridgehead atoms. The Labute approximate surface area is 117 Å². The Morgan fingerprint density at radius 1 is 1.47 bits per heavy atom. The van der Waals surface area contributed by atoms with Gasteiger partial charge in [-0.25, -0.2) is 0 Å². The quantitative estimate of drug-likeness (QED) is 0.851. The third-order valence-corrected chi connectivity index (χ3v) is 3.64. The van der Waals surface area contributed by atoms with Gasteiger partial charge in [-0.2, -0.15) is 0 Å². The molecule has 5 heteroatoms. The first-order valence-electron chi connectivity index (χ1n) is 6.11. The Kier molecular flexibility index (Phi) is 4.90. The van der Waals surface area contributed by atoms with Crippen LogP contribution in [0, 0.1) is 6.92 Å². The second-order valence-corrected chi connectivity index (χ2v) is 5.33. The Balaban J connectivity index is 1.95. The molecule has 2 aromatic rings. The molecule has 102 valence electrons. The van der Waals surface area contributed by atoms with E-state index >= 15 is 0 Å². The molecule has 0 fully saturated rings. The first kappa shape index (κ1) is 14.0. The largest absolute Gasteiger partial charge is 0.496 e. The van der Waals surface area contributed by atoms with E-state index in [1.165, 1.54) is 0 Å². The van der Waals surface area contributed by atoms with Gasteiger partial charge < -0.3 is 15.2 Å². The molecule has 1 aromatic carbocycles. The van der Waals surface area contributed by atoms with E-state index in [1.807, 2.05) is 31.3 Å². The Morgan fingerprint density at radius 3 is 3.00 bits per heavy atom. The highest BCUT2D eigenvalue weighted by molar-refractivity contribution is 7.09. The molecular weight excluding hydrogens is 260 g/mol. The fraction of sp³-hybridized carbons (Fsp3) is 0.357. The highest BCUT2D eigenvalue weighted by Gasteiger charge is 2.13. The van der Waals surface area contributed by atoms with Gasteiger partial charge in [-0.3, -0.25) is 4.98 Å². The SMILES string of the molecule is COc1ccc(C)cc1C(O)CNCc1cncs1. The highest BCUT2D eigenvalue weighted by Crippen LogP contribution is 2.25. The minimum absolute atomic E-state index is 0.484. The maximum atomic E-state index is 10.2. The number of methoxy groups -OCH3 is 1. The molecule has 1 atom stereocenters. The summed E-state index contributed by atoms with van der Waals surface area (Å²) in [4.78, 5) is 5.17. The number of ether oxygens (including phenoxy) is 1. The summed E-state index contributed by atoms with van der Waals surface area (Å²) in [5.41, 5.74) is 3.73. The van der Waals surface area contributed by atoms with Crippen LogP contribution in [-0.4, -0.2) is 23.7 Å². The summed E-state index contributed by atoms with van der Waals surface area (Å²) in [6.45, 7) is 3.20. The van der Waals surface area contributed by atoms with Crippen molar-refractivity contribution in [2.75, 3.05) is 13.7 Å². The average molecular weight is 278 g/mol. The van der Waals surface area contributed by atoms with Crippen LogP contribution in [0.3, 0.4) is 0 Å². The number of aryl methyl sites for hydroxylation is 1. The van der Waals surface area contributed by atoms with Crippen molar-refractivity contribution in [2.45, 2.75) is 19.6 Å². The molecule has 1 heterocycles. The van der Waals surface area contributed by atoms with E-state index in [0.717, 1.165) is 28.3 Å². The minimum Gasteiger partial charge on any atom is -0.496 e. The first-order chi connectivity index (χ1) is 9.20. The number of hydrogen-bond donors (Lipinski definition) is 2. The van der Waals surface area contributed by atoms with Crippen molar-refractivity contribution in [3.05, 3.63) is 45.9 Å². The van der Waals surface area contributed by atoms with Crippen molar-refractivity contribution >= 4 is 11.3 Å². The summed E-state index contributed by atoms with van der Waals surface area (Å²) in [5.74, 6) is 0.720. The van der Waals surface area contributed by atoms with Gasteiger partial charge in [0.05, 0.1) is 18.7 Å². The molecule has 0 aliphatic heterocycles. The second-order valence-electron chi connectivity index (χ2n) is 4.36. The van der Waals surface area contributed by atoms with Crippen LogP contribution in [0.1, 0.15) is 22.1 Å². The van der Waals surface area contributed by atoms with Crippen molar-refractivity contribution in [3.63, 3.8) is 0 Å². The molecule has 4 nitrogen and oxygen atoms in total. The zero-order chi connectivity index (χ0) is 13.7. The molecule has 2 rings (SSSR count). The summed E-state index contributed by atoms with van der Waals surface area (Å²) < 4.78 is 5.28. The highest BCUT2D eigenvalue weighted by atomic mass is 32.1. The Bertz CT molecular complexity index is 514. The van der Waals surface area contributed by atoms with Crippen LogP contribution < -0.4 is 10.1 Å². The lowest BCUT2D eigenvalue weighted by Crippen LogP contribution is -2.21. The average Bonchev–Trinajstić information content (AvgIpc) is 2.91. The molecule has 19 heavy (non-hydrogen) atoms. The standard InChI is InChI=1S/C14H18N2O2S/c1-10-3-4-14(18-2)12(5-10)13(17)8-15-6-11-7-16-9-19-11/h3-5,7,9,13,15,17H,6,8H2,1-2H3. The Morgan fingerprint density at radius 2 is 2.32 bits per heavy atom. The lowest BCUT2D eigenvalue weighted by molar-refractivity contribution is 0.170. The van der Waals surface area contributed by atoms with Crippen molar-refractivity contribution < 1.29 is 9.84 Å². The number of nitrogens with one attached hydrogen (secondary N) is 1. The molecular formula is C14H18N2O2S. The second kappa shape index (κ2) is 6.65. The van der Waals surface area contributed by atoms with E-state index in [2.05, 4.69) is 10.3 Å². The molecule has 0 amide bonds. The van der Waals surface area contributed by atoms with Crippen molar-refractivity contribution in [1.82, 2.24) is 10.3 Å². The van der Waals surface area contributed by atoms with Crippen molar-refractivity contribution in [3.8, 4) is 5.75 Å². The van der Waals surface area contributed by atoms with Crippen LogP contribution in [0.25, 0.3) is 0 Å². The van der Waals surface area contributed by atoms with Gasteiger partial charge in [0.15, 0.2) is 0 Å². The van der Waals surface area contributed by atoms with E-state index in [-0.39, 0.29) is 0 Å². The molecule has 0 saturated heterocycles. The van der Waals surface area contributed by atoms with Crippen LogP contribution in [0.4, 0.5) is 0 Å². The number of benzene rings is 1. The van der Waals surface area contributed by atoms with E-state index in [1.54, 1.807) is 24.0 Å². The molecule has 0 saturated carbocycles. The number of thiazole rings is 1. The van der Waals surface area contributed by atoms with E-state index < -0.39 is 6.10 Å². The smallest absolute Gasteiger partial charge is 0.124 e. The molecule has 0 spiro atoms. The topological polar surface area (TPSA) is 54.4 Å². The summed E-state index contributed by atoms with van der Waals surface area (Å²) in [7, 11) is 1.62. The number of aromatic nitrogens is 1. The van der Waals surface area contributed by atoms with E-state index in [4.69, 9.17) is 4.74 Å². The van der Waals surface area contributed by atoms with Gasteiger partial charge in [-0.15, -0.1) is 11.3 Å². The maximum absolute atomic E-state index is 10.2. The molecule has 1 unspecified atom stereocenters. The van der Waals surface area contributed by atoms with Crippen molar-refractivity contribution in [1.29, 1.82) is 0 Å². The zero-order valence-electron chi connectivity index (χ0n) is 11.1. The predicted molar refractivity (Wildman–Crippen MR) is 76.5 cm³/mol. The maximum Gasteiger partial charge on any atom is 0.124 e. The third kappa shape index (κ3) is 3.76. The molecule has 0 radical (unpaired) electrons. The van der Waals surface area contributed by atoms with Gasteiger partial charge in [0.25, 0.3) is 0 Å². The number of rotatable bonds is 6. The third-order valence-electron chi connectivity index (χ3n) is 2.86. The van der Waals surface area contributed by atoms with Crippen molar-refractivity contribution in [2.24, 2.45) is 0 Å². The molecule has 0 aliphatic carbocycles. The van der Waals surface area contributed by atoms with Crippen LogP contribution in [-0.2, 0) is 6.54 Å². The van der Waals surface area contributed by atoms with E-state index in [9.17, 15) is 5.11 Å². The fourth-order valence-corrected chi connectivity index (χ4v) is 2.45. The van der Waals surface area contributed by atoms with Gasteiger partial charge in [0, 0.05) is 29.7 Å². The minimum atomic E-state index is -0.581. The van der Waals surface area contributed by atoms with Gasteiger partial charge in [0.2, 0.25) is 0 Å². The van der Waals surface area contributed by atoms with Crippen LogP contribution >= 0.6 is 11.3 Å². The zero-order valence-corrected chi connectivity index (χ0v) is 11.9. The number of nitrogens with zero attached hydrogens (tertiary/aromatic N) is 1. The van der Waals surface area contributed by atoms with Crippen LogP contribution in [0.15, 0.2) is 29.9 Å². The Hall–Kier alpha value is -1.43. The lowest BCUT2D eigenvalue weighted by Gasteiger charge is -2.16. The van der Waals surface area contributed by atoms with Gasteiger partial charge in [-0.1, -0.05) is 11.6 Å². The summed E-state index contributed by atoms with van der Waals surface area (Å²) in [6.07, 6.45) is 1.25. The fourth-order valence-electron chi connectivity index (χ4n) is 1.89. The summed E-state index contributed by atoms with van der Waals surface area (Å²) >= 11 is 1.60. The molecule has 2 N–H and O–H groups in total. The lowest BCUT2D eigenvalue weighted by atomic mass is 10.1.